The van der Waals surface area contributed by atoms with E-state index < -0.39 is 0 Å². The van der Waals surface area contributed by atoms with Gasteiger partial charge in [0.15, 0.2) is 11.0 Å². The number of benzene rings is 3. The molecular formula is C31H34N3O6+. The lowest BCUT2D eigenvalue weighted by molar-refractivity contribution is -0.682. The van der Waals surface area contributed by atoms with Crippen molar-refractivity contribution in [1.82, 2.24) is 9.47 Å². The lowest BCUT2D eigenvalue weighted by Crippen LogP contribution is -2.44. The summed E-state index contributed by atoms with van der Waals surface area (Å²) in [6.45, 7) is 5.25. The molecule has 1 N–H and O–H groups in total. The Morgan fingerprint density at radius 2 is 1.50 bits per heavy atom. The minimum absolute atomic E-state index is 0.0232. The number of hydrogen-bond acceptors (Lipinski definition) is 6. The summed E-state index contributed by atoms with van der Waals surface area (Å²) in [5.74, 6) is 0.987. The first kappa shape index (κ1) is 27.5. The fourth-order valence-corrected chi connectivity index (χ4v) is 5.04. The van der Waals surface area contributed by atoms with E-state index in [0.29, 0.717) is 50.6 Å². The number of ether oxygens (including phenoxy) is 3. The van der Waals surface area contributed by atoms with Crippen molar-refractivity contribution < 1.29 is 33.5 Å². The molecule has 9 nitrogen and oxygen atoms in total. The molecule has 0 fully saturated rings. The van der Waals surface area contributed by atoms with Gasteiger partial charge in [-0.3, -0.25) is 14.5 Å². The largest absolute Gasteiger partial charge is 0.489 e. The molecule has 5 rings (SSSR count). The van der Waals surface area contributed by atoms with Gasteiger partial charge in [-0.1, -0.05) is 42.5 Å². The van der Waals surface area contributed by atoms with E-state index in [0.717, 1.165) is 28.2 Å². The molecule has 2 heterocycles. The van der Waals surface area contributed by atoms with Crippen LogP contribution < -0.4 is 9.30 Å². The lowest BCUT2D eigenvalue weighted by Gasteiger charge is -2.13. The second-order valence-corrected chi connectivity index (χ2v) is 9.43. The summed E-state index contributed by atoms with van der Waals surface area (Å²) in [5, 5.41) is 8.87. The summed E-state index contributed by atoms with van der Waals surface area (Å²) in [6.07, 6.45) is 0. The maximum atomic E-state index is 13.2. The molecule has 0 saturated carbocycles. The summed E-state index contributed by atoms with van der Waals surface area (Å²) in [4.78, 5) is 27.7. The molecule has 0 aliphatic carbocycles. The van der Waals surface area contributed by atoms with Gasteiger partial charge >= 0.3 is 0 Å². The summed E-state index contributed by atoms with van der Waals surface area (Å²) >= 11 is 0. The highest BCUT2D eigenvalue weighted by Gasteiger charge is 2.38. The molecule has 0 atom stereocenters. The minimum Gasteiger partial charge on any atom is -0.489 e. The van der Waals surface area contributed by atoms with E-state index in [9.17, 15) is 9.59 Å². The molecule has 0 bridgehead atoms. The second kappa shape index (κ2) is 12.9. The summed E-state index contributed by atoms with van der Waals surface area (Å²) in [5.41, 5.74) is 3.85. The van der Waals surface area contributed by atoms with E-state index >= 15 is 0 Å². The van der Waals surface area contributed by atoms with Gasteiger partial charge < -0.3 is 19.3 Å². The van der Waals surface area contributed by atoms with Gasteiger partial charge in [0.1, 0.15) is 25.4 Å². The Morgan fingerprint density at radius 1 is 0.825 bits per heavy atom. The van der Waals surface area contributed by atoms with Crippen LogP contribution in [-0.4, -0.2) is 59.4 Å². The van der Waals surface area contributed by atoms with Crippen molar-refractivity contribution in [1.29, 1.82) is 0 Å². The van der Waals surface area contributed by atoms with Crippen LogP contribution >= 0.6 is 0 Å². The van der Waals surface area contributed by atoms with Crippen LogP contribution in [0.4, 0.5) is 0 Å². The molecule has 0 radical (unpaired) electrons. The monoisotopic (exact) mass is 544 g/mol. The number of amides is 2. The average Bonchev–Trinajstić information content (AvgIpc) is 3.41. The molecular weight excluding hydrogens is 510 g/mol. The van der Waals surface area contributed by atoms with E-state index in [2.05, 4.69) is 9.13 Å². The highest BCUT2D eigenvalue weighted by molar-refractivity contribution is 6.21. The van der Waals surface area contributed by atoms with Gasteiger partial charge in [-0.2, -0.15) is 0 Å². The lowest BCUT2D eigenvalue weighted by atomic mass is 10.1. The molecule has 1 aliphatic rings. The number of carbonyl (C=O) groups is 2. The Morgan fingerprint density at radius 3 is 2.17 bits per heavy atom. The van der Waals surface area contributed by atoms with Crippen molar-refractivity contribution in [3.63, 3.8) is 0 Å². The zero-order valence-electron chi connectivity index (χ0n) is 22.6. The number of nitrogens with zero attached hydrogens (tertiary/aromatic N) is 3. The maximum Gasteiger partial charge on any atom is 0.278 e. The van der Waals surface area contributed by atoms with Crippen LogP contribution in [0, 0.1) is 0 Å². The summed E-state index contributed by atoms with van der Waals surface area (Å²) in [7, 11) is 0. The third-order valence-corrected chi connectivity index (χ3v) is 6.96. The fourth-order valence-electron chi connectivity index (χ4n) is 5.04. The second-order valence-electron chi connectivity index (χ2n) is 9.43. The number of fused-ring (bicyclic) bond motifs is 2. The maximum absolute atomic E-state index is 13.2. The average molecular weight is 545 g/mol. The number of aryl methyl sites for hydroxylation is 1. The first-order valence-corrected chi connectivity index (χ1v) is 13.6. The van der Waals surface area contributed by atoms with Crippen molar-refractivity contribution in [3.05, 3.63) is 95.3 Å². The molecule has 2 amide bonds. The molecule has 0 spiro atoms. The van der Waals surface area contributed by atoms with Crippen molar-refractivity contribution in [3.8, 4) is 5.75 Å². The van der Waals surface area contributed by atoms with E-state index in [1.165, 1.54) is 4.90 Å². The Bertz CT molecular complexity index is 1450. The van der Waals surface area contributed by atoms with Crippen LogP contribution in [0.2, 0.25) is 0 Å². The molecule has 4 aromatic rings. The third kappa shape index (κ3) is 5.77. The minimum atomic E-state index is -0.288. The number of aromatic nitrogens is 2. The van der Waals surface area contributed by atoms with Crippen LogP contribution in [0.1, 0.15) is 39.0 Å². The predicted molar refractivity (Wildman–Crippen MR) is 148 cm³/mol. The number of rotatable bonds is 14. The Labute approximate surface area is 233 Å². The van der Waals surface area contributed by atoms with Crippen LogP contribution in [0.3, 0.4) is 0 Å². The SMILES string of the molecule is CCn1c(CN2C(=O)c3ccccc3C2=O)[n+](CCOCCOCCO)c2ccc(OCc3ccccc3)cc21. The van der Waals surface area contributed by atoms with Crippen molar-refractivity contribution >= 4 is 22.8 Å². The van der Waals surface area contributed by atoms with Gasteiger partial charge in [0.25, 0.3) is 17.6 Å². The zero-order chi connectivity index (χ0) is 27.9. The van der Waals surface area contributed by atoms with E-state index in [1.54, 1.807) is 24.3 Å². The molecule has 3 aromatic carbocycles. The van der Waals surface area contributed by atoms with Crippen molar-refractivity contribution in [2.45, 2.75) is 33.2 Å². The zero-order valence-corrected chi connectivity index (χ0v) is 22.6. The normalized spacial score (nSPS) is 12.9. The smallest absolute Gasteiger partial charge is 0.278 e. The van der Waals surface area contributed by atoms with E-state index in [1.807, 2.05) is 55.5 Å². The number of imidazole rings is 1. The number of imide groups is 1. The van der Waals surface area contributed by atoms with Gasteiger partial charge in [0, 0.05) is 6.07 Å². The Hall–Kier alpha value is -4.05. The number of hydrogen-bond donors (Lipinski definition) is 1. The van der Waals surface area contributed by atoms with Gasteiger partial charge in [-0.15, -0.1) is 0 Å². The van der Waals surface area contributed by atoms with Crippen molar-refractivity contribution in [2.75, 3.05) is 33.0 Å². The fraction of sp³-hybridized carbons (Fsp3) is 0.323. The molecule has 9 heteroatoms. The number of carbonyl (C=O) groups excluding carboxylic acids is 2. The predicted octanol–water partition coefficient (Wildman–Crippen LogP) is 3.35. The molecule has 40 heavy (non-hydrogen) atoms. The van der Waals surface area contributed by atoms with Crippen LogP contribution in [0.15, 0.2) is 72.8 Å². The van der Waals surface area contributed by atoms with Gasteiger partial charge in [-0.05, 0) is 36.8 Å². The molecule has 1 aliphatic heterocycles. The van der Waals surface area contributed by atoms with Gasteiger partial charge in [0.05, 0.1) is 50.7 Å². The first-order valence-electron chi connectivity index (χ1n) is 13.6. The molecule has 0 unspecified atom stereocenters. The highest BCUT2D eigenvalue weighted by Crippen LogP contribution is 2.27. The van der Waals surface area contributed by atoms with Crippen molar-refractivity contribution in [2.24, 2.45) is 0 Å². The summed E-state index contributed by atoms with van der Waals surface area (Å²) < 4.78 is 21.4. The third-order valence-electron chi connectivity index (χ3n) is 6.96. The topological polar surface area (TPSA) is 94.1 Å². The highest BCUT2D eigenvalue weighted by atomic mass is 16.5. The standard InChI is InChI=1S/C31H34N3O6/c1-2-32-28-20-24(40-22-23-8-4-3-5-9-23)12-13-27(28)33(14-16-38-18-19-39-17-15-35)29(32)21-34-30(36)25-10-6-7-11-26(25)31(34)37/h3-13,20,35H,2,14-19,21-22H2,1H3/q+1. The first-order chi connectivity index (χ1) is 19.6. The molecule has 208 valence electrons. The van der Waals surface area contributed by atoms with Crippen LogP contribution in [0.5, 0.6) is 5.75 Å². The Balaban J connectivity index is 1.43. The quantitative estimate of drug-likeness (QED) is 0.149. The molecule has 1 aromatic heterocycles. The van der Waals surface area contributed by atoms with Gasteiger partial charge in [0.2, 0.25) is 0 Å². The number of aliphatic hydroxyl groups is 1. The van der Waals surface area contributed by atoms with E-state index in [4.69, 9.17) is 19.3 Å². The van der Waals surface area contributed by atoms with Crippen LogP contribution in [-0.2, 0) is 35.7 Å². The number of aliphatic hydroxyl groups excluding tert-OH is 1. The van der Waals surface area contributed by atoms with Gasteiger partial charge in [-0.25, -0.2) is 9.13 Å². The molecule has 0 saturated heterocycles. The van der Waals surface area contributed by atoms with Crippen LogP contribution in [0.25, 0.3) is 11.0 Å². The van der Waals surface area contributed by atoms with E-state index in [-0.39, 0.29) is 31.6 Å². The Kier molecular flexibility index (Phi) is 8.85. The summed E-state index contributed by atoms with van der Waals surface area (Å²) in [6, 6.07) is 22.9.